The molecule has 5 rings (SSSR count). The van der Waals surface area contributed by atoms with Crippen molar-refractivity contribution in [1.29, 1.82) is 0 Å². The first-order valence-electron chi connectivity index (χ1n) is 9.97. The van der Waals surface area contributed by atoms with E-state index in [0.717, 1.165) is 11.1 Å². The second kappa shape index (κ2) is 11.0. The Hall–Kier alpha value is -1.70. The van der Waals surface area contributed by atoms with Crippen molar-refractivity contribution in [2.75, 3.05) is 0 Å². The first-order valence-corrected chi connectivity index (χ1v) is 12.9. The normalized spacial score (nSPS) is 11.6. The summed E-state index contributed by atoms with van der Waals surface area (Å²) in [6, 6.07) is 22.7. The number of hydrogen-bond donors (Lipinski definition) is 2. The van der Waals surface area contributed by atoms with Gasteiger partial charge in [-0.25, -0.2) is 4.98 Å². The minimum Gasteiger partial charge on any atom is -1.00 e. The van der Waals surface area contributed by atoms with E-state index in [1.54, 1.807) is 48.5 Å². The molecule has 3 aromatic carbocycles. The van der Waals surface area contributed by atoms with E-state index in [9.17, 15) is 25.9 Å². The largest absolute Gasteiger partial charge is 1.00 e. The first kappa shape index (κ1) is 28.9. The number of pyridine rings is 2. The van der Waals surface area contributed by atoms with E-state index in [1.165, 1.54) is 6.20 Å². The van der Waals surface area contributed by atoms with E-state index in [2.05, 4.69) is 9.97 Å². The van der Waals surface area contributed by atoms with Crippen LogP contribution in [0.25, 0.3) is 44.1 Å². The molecule has 0 aliphatic rings. The summed E-state index contributed by atoms with van der Waals surface area (Å²) >= 11 is 0. The van der Waals surface area contributed by atoms with Gasteiger partial charge in [0, 0.05) is 22.5 Å². The summed E-state index contributed by atoms with van der Waals surface area (Å²) in [5.41, 5.74) is 2.28. The third-order valence-corrected chi connectivity index (χ3v) is 7.27. The van der Waals surface area contributed by atoms with Crippen molar-refractivity contribution in [3.63, 3.8) is 0 Å². The second-order valence-electron chi connectivity index (χ2n) is 7.52. The van der Waals surface area contributed by atoms with Crippen LogP contribution in [0.5, 0.6) is 0 Å². The molecule has 0 saturated heterocycles. The molecule has 8 nitrogen and oxygen atoms in total. The maximum Gasteiger partial charge on any atom is 1.00 e. The van der Waals surface area contributed by atoms with Crippen LogP contribution in [0, 0.1) is 0 Å². The molecule has 0 radical (unpaired) electrons. The van der Waals surface area contributed by atoms with Crippen molar-refractivity contribution < 1.29 is 87.9 Å². The number of hydrogen-bond acceptors (Lipinski definition) is 6. The summed E-state index contributed by atoms with van der Waals surface area (Å²) in [6.45, 7) is 0. The maximum atomic E-state index is 12.4. The molecular formula is C24H18N2Na2O6S2. The molecule has 36 heavy (non-hydrogen) atoms. The van der Waals surface area contributed by atoms with Crippen molar-refractivity contribution in [1.82, 2.24) is 9.97 Å². The van der Waals surface area contributed by atoms with Crippen molar-refractivity contribution in [2.24, 2.45) is 0 Å². The fraction of sp³-hybridized carbons (Fsp3) is 0. The zero-order valence-corrected chi connectivity index (χ0v) is 25.0. The molecule has 2 heterocycles. The van der Waals surface area contributed by atoms with Crippen LogP contribution in [-0.4, -0.2) is 35.9 Å². The monoisotopic (exact) mass is 540 g/mol. The van der Waals surface area contributed by atoms with E-state index in [1.807, 2.05) is 30.3 Å². The van der Waals surface area contributed by atoms with Gasteiger partial charge in [-0.15, -0.1) is 0 Å². The zero-order chi connectivity index (χ0) is 24.1. The van der Waals surface area contributed by atoms with Gasteiger partial charge in [0.1, 0.15) is 4.90 Å². The molecule has 0 aliphatic carbocycles. The summed E-state index contributed by atoms with van der Waals surface area (Å²) in [6.07, 6.45) is 1.54. The van der Waals surface area contributed by atoms with E-state index in [4.69, 9.17) is 0 Å². The summed E-state index contributed by atoms with van der Waals surface area (Å²) in [5, 5.41) is -0.272. The van der Waals surface area contributed by atoms with Crippen LogP contribution in [0.4, 0.5) is 0 Å². The van der Waals surface area contributed by atoms with Gasteiger partial charge in [0.25, 0.3) is 10.1 Å². The molecule has 5 aromatic rings. The average molecular weight is 541 g/mol. The molecule has 0 aliphatic heterocycles. The molecule has 0 unspecified atom stereocenters. The van der Waals surface area contributed by atoms with Crippen LogP contribution in [-0.2, 0) is 20.2 Å². The van der Waals surface area contributed by atoms with Gasteiger partial charge in [0.05, 0.1) is 11.0 Å². The topological polar surface area (TPSA) is 135 Å². The maximum absolute atomic E-state index is 12.4. The van der Waals surface area contributed by atoms with Crippen LogP contribution in [0.1, 0.15) is 2.85 Å². The Bertz CT molecular complexity index is 1810. The van der Waals surface area contributed by atoms with Gasteiger partial charge < -0.3 is 2.85 Å². The molecule has 0 bridgehead atoms. The summed E-state index contributed by atoms with van der Waals surface area (Å²) in [5.74, 6) is 0. The van der Waals surface area contributed by atoms with Gasteiger partial charge >= 0.3 is 69.2 Å². The fourth-order valence-corrected chi connectivity index (χ4v) is 6.00. The van der Waals surface area contributed by atoms with E-state index < -0.39 is 30.2 Å². The predicted octanol–water partition coefficient (Wildman–Crippen LogP) is -1.16. The Morgan fingerprint density at radius 1 is 0.639 bits per heavy atom. The summed E-state index contributed by atoms with van der Waals surface area (Å²) < 4.78 is 69.1. The Morgan fingerprint density at radius 3 is 1.75 bits per heavy atom. The van der Waals surface area contributed by atoms with Gasteiger partial charge in [0.2, 0.25) is 5.03 Å². The Balaban J connectivity index is 0.00000180. The minimum absolute atomic E-state index is 0. The predicted molar refractivity (Wildman–Crippen MR) is 130 cm³/mol. The van der Waals surface area contributed by atoms with Crippen LogP contribution in [0.2, 0.25) is 0 Å². The fourth-order valence-electron chi connectivity index (χ4n) is 4.08. The number of nitrogens with zero attached hydrogens (tertiary/aromatic N) is 2. The summed E-state index contributed by atoms with van der Waals surface area (Å²) in [7, 11) is -10.3. The number of aromatic nitrogens is 2. The van der Waals surface area contributed by atoms with Crippen LogP contribution in [0.15, 0.2) is 95.0 Å². The molecule has 0 spiro atoms. The first-order chi connectivity index (χ1) is 16.2. The van der Waals surface area contributed by atoms with Gasteiger partial charge in [0.15, 0.2) is 0 Å². The zero-order valence-electron chi connectivity index (χ0n) is 21.3. The van der Waals surface area contributed by atoms with Gasteiger partial charge in [-0.3, -0.25) is 14.1 Å². The van der Waals surface area contributed by atoms with Gasteiger partial charge in [-0.05, 0) is 22.8 Å². The number of fused-ring (bicyclic) bond motifs is 3. The minimum atomic E-state index is -5.15. The Morgan fingerprint density at radius 2 is 1.19 bits per heavy atom. The van der Waals surface area contributed by atoms with Gasteiger partial charge in [-0.1, -0.05) is 72.8 Å². The van der Waals surface area contributed by atoms with E-state index in [0.29, 0.717) is 16.5 Å². The quantitative estimate of drug-likeness (QED) is 0.166. The molecule has 0 fully saturated rings. The van der Waals surface area contributed by atoms with Crippen molar-refractivity contribution >= 4 is 42.0 Å². The summed E-state index contributed by atoms with van der Waals surface area (Å²) in [4.78, 5) is 7.42. The van der Waals surface area contributed by atoms with Crippen LogP contribution < -0.4 is 59.1 Å². The number of rotatable bonds is 4. The molecule has 2 N–H and O–H groups in total. The van der Waals surface area contributed by atoms with Crippen LogP contribution >= 0.6 is 0 Å². The van der Waals surface area contributed by atoms with Gasteiger partial charge in [-0.2, -0.15) is 16.8 Å². The molecule has 174 valence electrons. The molecular weight excluding hydrogens is 522 g/mol. The van der Waals surface area contributed by atoms with E-state index in [-0.39, 0.29) is 78.4 Å². The third kappa shape index (κ3) is 5.30. The second-order valence-corrected chi connectivity index (χ2v) is 10.2. The molecule has 12 heteroatoms. The SMILES string of the molecule is O=S(=O)(O)c1nc2c(ccc3c(-c4ccccc4)ccnc32)c(-c2ccccc2)c1S(=O)(=O)O.[H-].[H-].[Na+].[Na+]. The van der Waals surface area contributed by atoms with Crippen molar-refractivity contribution in [2.45, 2.75) is 9.92 Å². The van der Waals surface area contributed by atoms with Crippen molar-refractivity contribution in [3.05, 3.63) is 85.1 Å². The van der Waals surface area contributed by atoms with Crippen molar-refractivity contribution in [3.8, 4) is 22.3 Å². The van der Waals surface area contributed by atoms with Crippen LogP contribution in [0.3, 0.4) is 0 Å². The molecule has 2 aromatic heterocycles. The molecule has 0 saturated carbocycles. The number of benzene rings is 3. The standard InChI is InChI=1S/C24H16N2O6S2.2Na.2H/c27-33(28,29)23-20(16-9-5-2-6-10-16)19-12-11-18-17(15-7-3-1-4-8-15)13-14-25-21(18)22(19)26-24(23)34(30,31)32;;;;/h1-14H,(H,27,28,29)(H,30,31,32);;;;/q;2*+1;2*-1. The third-order valence-electron chi connectivity index (χ3n) is 5.44. The van der Waals surface area contributed by atoms with E-state index >= 15 is 0 Å². The Labute approximate surface area is 254 Å². The molecule has 0 atom stereocenters. The smallest absolute Gasteiger partial charge is 1.00 e. The Kier molecular flexibility index (Phi) is 8.79. The average Bonchev–Trinajstić information content (AvgIpc) is 2.82. The molecule has 0 amide bonds.